The number of hydrogen-bond acceptors (Lipinski definition) is 3. The lowest BCUT2D eigenvalue weighted by atomic mass is 10.1. The van der Waals surface area contributed by atoms with E-state index < -0.39 is 0 Å². The summed E-state index contributed by atoms with van der Waals surface area (Å²) in [7, 11) is 0. The van der Waals surface area contributed by atoms with E-state index in [-0.39, 0.29) is 0 Å². The first-order valence-corrected chi connectivity index (χ1v) is 9.77. The number of benzene rings is 2. The van der Waals surface area contributed by atoms with Gasteiger partial charge in [0.1, 0.15) is 0 Å². The van der Waals surface area contributed by atoms with Gasteiger partial charge in [-0.15, -0.1) is 0 Å². The summed E-state index contributed by atoms with van der Waals surface area (Å²) in [4.78, 5) is 1.65. The topological polar surface area (TPSA) is 9.23 Å². The molecule has 0 unspecified atom stereocenters. The van der Waals surface area contributed by atoms with E-state index in [4.69, 9.17) is 29.2 Å². The average molecular weight is 371 g/mol. The van der Waals surface area contributed by atoms with Crippen LogP contribution in [-0.4, -0.2) is 22.9 Å². The molecule has 1 nitrogen and oxygen atoms in total. The summed E-state index contributed by atoms with van der Waals surface area (Å²) in [6.45, 7) is 5.23. The Morgan fingerprint density at radius 2 is 1.04 bits per heavy atom. The highest BCUT2D eigenvalue weighted by Crippen LogP contribution is 2.10. The minimum atomic E-state index is 0.427. The van der Waals surface area contributed by atoms with Gasteiger partial charge in [0.05, 0.1) is 13.2 Å². The summed E-state index contributed by atoms with van der Waals surface area (Å²) in [6.07, 6.45) is 4.53. The zero-order valence-electron chi connectivity index (χ0n) is 15.1. The van der Waals surface area contributed by atoms with Crippen molar-refractivity contribution >= 4 is 34.2 Å². The predicted octanol–water partition coefficient (Wildman–Crippen LogP) is 5.74. The minimum Gasteiger partial charge on any atom is -0.370 e. The molecule has 2 aromatic rings. The first-order valence-electron chi connectivity index (χ1n) is 8.96. The lowest BCUT2D eigenvalue weighted by molar-refractivity contribution is 0.218. The third-order valence-electron chi connectivity index (χ3n) is 4.10. The van der Waals surface area contributed by atoms with Crippen LogP contribution in [0, 0.1) is 0 Å². The van der Waals surface area contributed by atoms with E-state index in [0.717, 1.165) is 46.5 Å². The van der Waals surface area contributed by atoms with Crippen molar-refractivity contribution in [2.24, 2.45) is 0 Å². The van der Waals surface area contributed by atoms with E-state index in [1.165, 1.54) is 11.1 Å². The molecule has 0 saturated heterocycles. The smallest absolute Gasteiger partial charge is 0.0828 e. The van der Waals surface area contributed by atoms with Gasteiger partial charge in [-0.1, -0.05) is 99.7 Å². The number of rotatable bonds is 10. The Morgan fingerprint density at radius 3 is 1.36 bits per heavy atom. The van der Waals surface area contributed by atoms with E-state index in [1.54, 1.807) is 0 Å². The Hall–Kier alpha value is -1.42. The van der Waals surface area contributed by atoms with Gasteiger partial charge < -0.3 is 4.74 Å². The van der Waals surface area contributed by atoms with Gasteiger partial charge >= 0.3 is 0 Å². The number of hydrogen-bond donors (Lipinski definition) is 0. The third kappa shape index (κ3) is 6.43. The molecule has 0 amide bonds. The molecule has 132 valence electrons. The molecule has 0 heterocycles. The highest BCUT2D eigenvalue weighted by molar-refractivity contribution is 7.81. The maximum absolute atomic E-state index is 5.74. The van der Waals surface area contributed by atoms with Gasteiger partial charge in [-0.05, 0) is 35.1 Å². The number of ether oxygens (including phenoxy) is 1. The van der Waals surface area contributed by atoms with Crippen LogP contribution in [0.15, 0.2) is 48.5 Å². The van der Waals surface area contributed by atoms with E-state index >= 15 is 0 Å². The molecule has 3 heteroatoms. The van der Waals surface area contributed by atoms with Crippen molar-refractivity contribution < 1.29 is 4.74 Å². The quantitative estimate of drug-likeness (QED) is 0.389. The SMILES string of the molecule is CCCc1ccc(C(=S)COCC(=S)c2ccc(CCC)cc2)cc1. The summed E-state index contributed by atoms with van der Waals surface area (Å²) in [5.41, 5.74) is 4.82. The van der Waals surface area contributed by atoms with Crippen molar-refractivity contribution in [2.75, 3.05) is 13.2 Å². The molecule has 0 atom stereocenters. The van der Waals surface area contributed by atoms with E-state index in [0.29, 0.717) is 13.2 Å². The van der Waals surface area contributed by atoms with Gasteiger partial charge in [0.15, 0.2) is 0 Å². The molecule has 0 aromatic heterocycles. The van der Waals surface area contributed by atoms with Crippen LogP contribution in [0.25, 0.3) is 0 Å². The van der Waals surface area contributed by atoms with Crippen LogP contribution in [-0.2, 0) is 17.6 Å². The van der Waals surface area contributed by atoms with Gasteiger partial charge in [-0.25, -0.2) is 0 Å². The fourth-order valence-corrected chi connectivity index (χ4v) is 3.13. The fourth-order valence-electron chi connectivity index (χ4n) is 2.70. The molecule has 0 aliphatic rings. The zero-order chi connectivity index (χ0) is 18.1. The highest BCUT2D eigenvalue weighted by atomic mass is 32.1. The highest BCUT2D eigenvalue weighted by Gasteiger charge is 2.05. The van der Waals surface area contributed by atoms with Crippen LogP contribution in [0.4, 0.5) is 0 Å². The molecular formula is C22H26OS2. The number of thiocarbonyl (C=S) groups is 2. The maximum atomic E-state index is 5.74. The van der Waals surface area contributed by atoms with Gasteiger partial charge in [0.2, 0.25) is 0 Å². The lowest BCUT2D eigenvalue weighted by Gasteiger charge is -2.09. The van der Waals surface area contributed by atoms with Crippen LogP contribution in [0.3, 0.4) is 0 Å². The summed E-state index contributed by atoms with van der Waals surface area (Å²) < 4.78 is 5.74. The molecule has 0 bridgehead atoms. The molecule has 0 fully saturated rings. The Kier molecular flexibility index (Phi) is 8.39. The second kappa shape index (κ2) is 10.5. The molecule has 2 aromatic carbocycles. The molecule has 0 spiro atoms. The molecule has 0 aliphatic carbocycles. The number of aryl methyl sites for hydroxylation is 2. The summed E-state index contributed by atoms with van der Waals surface area (Å²) >= 11 is 11.0. The van der Waals surface area contributed by atoms with Crippen LogP contribution < -0.4 is 0 Å². The minimum absolute atomic E-state index is 0.427. The molecular weight excluding hydrogens is 344 g/mol. The van der Waals surface area contributed by atoms with Gasteiger partial charge in [0.25, 0.3) is 0 Å². The molecule has 0 saturated carbocycles. The van der Waals surface area contributed by atoms with Crippen LogP contribution in [0.2, 0.25) is 0 Å². The van der Waals surface area contributed by atoms with Gasteiger partial charge in [-0.3, -0.25) is 0 Å². The van der Waals surface area contributed by atoms with E-state index in [9.17, 15) is 0 Å². The molecule has 25 heavy (non-hydrogen) atoms. The maximum Gasteiger partial charge on any atom is 0.0828 e. The Morgan fingerprint density at radius 1 is 0.680 bits per heavy atom. The van der Waals surface area contributed by atoms with Crippen molar-refractivity contribution in [3.05, 3.63) is 70.8 Å². The Balaban J connectivity index is 1.80. The monoisotopic (exact) mass is 370 g/mol. The van der Waals surface area contributed by atoms with Crippen LogP contribution >= 0.6 is 24.4 Å². The summed E-state index contributed by atoms with van der Waals surface area (Å²) in [6, 6.07) is 16.9. The first-order chi connectivity index (χ1) is 12.1. The standard InChI is InChI=1S/C22H26OS2/c1-3-5-17-7-11-19(12-8-17)21(24)15-23-16-22(25)20-13-9-18(6-4-2)10-14-20/h7-14H,3-6,15-16H2,1-2H3. The van der Waals surface area contributed by atoms with Crippen molar-refractivity contribution in [3.8, 4) is 0 Å². The van der Waals surface area contributed by atoms with E-state index in [2.05, 4.69) is 62.4 Å². The second-order valence-corrected chi connectivity index (χ2v) is 7.22. The van der Waals surface area contributed by atoms with Gasteiger partial charge in [0, 0.05) is 9.73 Å². The normalized spacial score (nSPS) is 10.6. The summed E-state index contributed by atoms with van der Waals surface area (Å²) in [5, 5.41) is 0. The van der Waals surface area contributed by atoms with Crippen molar-refractivity contribution in [1.29, 1.82) is 0 Å². The summed E-state index contributed by atoms with van der Waals surface area (Å²) in [5.74, 6) is 0. The zero-order valence-corrected chi connectivity index (χ0v) is 16.7. The fraction of sp³-hybridized carbons (Fsp3) is 0.364. The Labute approximate surface area is 162 Å². The molecule has 2 rings (SSSR count). The van der Waals surface area contributed by atoms with Crippen molar-refractivity contribution in [1.82, 2.24) is 0 Å². The van der Waals surface area contributed by atoms with Crippen LogP contribution in [0.5, 0.6) is 0 Å². The van der Waals surface area contributed by atoms with Crippen molar-refractivity contribution in [2.45, 2.75) is 39.5 Å². The van der Waals surface area contributed by atoms with Crippen molar-refractivity contribution in [3.63, 3.8) is 0 Å². The largest absolute Gasteiger partial charge is 0.370 e. The average Bonchev–Trinajstić information content (AvgIpc) is 2.63. The Bertz CT molecular complexity index is 625. The first kappa shape index (κ1) is 19.9. The van der Waals surface area contributed by atoms with E-state index in [1.807, 2.05) is 0 Å². The molecule has 0 N–H and O–H groups in total. The lowest BCUT2D eigenvalue weighted by Crippen LogP contribution is -2.14. The molecule has 0 aliphatic heterocycles. The van der Waals surface area contributed by atoms with Crippen LogP contribution in [0.1, 0.15) is 48.9 Å². The third-order valence-corrected chi connectivity index (χ3v) is 4.80. The molecule has 0 radical (unpaired) electrons. The second-order valence-electron chi connectivity index (χ2n) is 6.23. The van der Waals surface area contributed by atoms with Gasteiger partial charge in [-0.2, -0.15) is 0 Å². The predicted molar refractivity (Wildman–Crippen MR) is 115 cm³/mol.